The first-order valence-electron chi connectivity index (χ1n) is 24.8. The average molecular weight is 883 g/mol. The van der Waals surface area contributed by atoms with Crippen molar-refractivity contribution in [1.29, 1.82) is 0 Å². The third kappa shape index (κ3) is 4.96. The molecule has 1 N–H and O–H groups in total. The van der Waals surface area contributed by atoms with E-state index in [4.69, 9.17) is 0 Å². The predicted octanol–water partition coefficient (Wildman–Crippen LogP) is 16.8. The molecule has 0 amide bonds. The van der Waals surface area contributed by atoms with Gasteiger partial charge in [-0.15, -0.1) is 0 Å². The van der Waals surface area contributed by atoms with Crippen molar-refractivity contribution in [2.45, 2.75) is 56.4 Å². The number of nitrogens with one attached hydrogen (secondary N) is 1. The number of aromatic nitrogens is 1. The molecule has 1 atom stereocenters. The number of fused-ring (bicyclic) bond motifs is 19. The average Bonchev–Trinajstić information content (AvgIpc) is 4.13. The van der Waals surface area contributed by atoms with Crippen LogP contribution in [0.2, 0.25) is 0 Å². The molecule has 0 aliphatic heterocycles. The van der Waals surface area contributed by atoms with E-state index < -0.39 is 5.41 Å². The summed E-state index contributed by atoms with van der Waals surface area (Å²) in [6.07, 6.45) is 8.24. The number of aromatic amines is 1. The Labute approximate surface area is 403 Å². The van der Waals surface area contributed by atoms with Gasteiger partial charge in [0.1, 0.15) is 0 Å². The van der Waals surface area contributed by atoms with Crippen LogP contribution in [0.5, 0.6) is 0 Å². The van der Waals surface area contributed by atoms with E-state index in [2.05, 4.69) is 244 Å². The summed E-state index contributed by atoms with van der Waals surface area (Å²) in [6, 6.07) is 71.7. The van der Waals surface area contributed by atoms with Crippen LogP contribution in [0.1, 0.15) is 84.2 Å². The first kappa shape index (κ1) is 39.1. The third-order valence-corrected chi connectivity index (χ3v) is 17.1. The Kier molecular flexibility index (Phi) is 7.71. The van der Waals surface area contributed by atoms with E-state index in [0.29, 0.717) is 0 Å². The molecule has 5 aliphatic carbocycles. The zero-order chi connectivity index (χ0) is 46.0. The zero-order valence-corrected chi connectivity index (χ0v) is 39.4. The van der Waals surface area contributed by atoms with Crippen LogP contribution in [0.15, 0.2) is 206 Å². The van der Waals surface area contributed by atoms with Crippen molar-refractivity contribution < 1.29 is 0 Å². The summed E-state index contributed by atoms with van der Waals surface area (Å²) in [5, 5.41) is 2.56. The monoisotopic (exact) mass is 882 g/mol. The molecule has 0 radical (unpaired) electrons. The smallest absolute Gasteiger partial charge is 0.0726 e. The van der Waals surface area contributed by atoms with Crippen LogP contribution in [0.3, 0.4) is 0 Å². The molecule has 69 heavy (non-hydrogen) atoms. The van der Waals surface area contributed by atoms with E-state index in [9.17, 15) is 0 Å². The van der Waals surface area contributed by atoms with Gasteiger partial charge in [0.25, 0.3) is 0 Å². The van der Waals surface area contributed by atoms with Crippen molar-refractivity contribution in [3.05, 3.63) is 256 Å². The molecule has 1 heterocycles. The van der Waals surface area contributed by atoms with Gasteiger partial charge in [-0.1, -0.05) is 198 Å². The fraction of sp³-hybridized carbons (Fsp3) is 0.134. The Balaban J connectivity index is 0.904. The molecule has 0 bridgehead atoms. The second kappa shape index (κ2) is 13.6. The molecule has 10 aromatic rings. The highest BCUT2D eigenvalue weighted by Crippen LogP contribution is 2.65. The minimum absolute atomic E-state index is 0.0396. The van der Waals surface area contributed by atoms with E-state index >= 15 is 0 Å². The van der Waals surface area contributed by atoms with E-state index in [0.717, 1.165) is 6.42 Å². The Morgan fingerprint density at radius 1 is 0.420 bits per heavy atom. The van der Waals surface area contributed by atoms with Crippen molar-refractivity contribution in [1.82, 2.24) is 4.98 Å². The van der Waals surface area contributed by atoms with E-state index in [1.165, 1.54) is 133 Å². The second-order valence-electron chi connectivity index (χ2n) is 21.1. The summed E-state index contributed by atoms with van der Waals surface area (Å²) in [6.45, 7) is 9.52. The Morgan fingerprint density at radius 2 is 0.913 bits per heavy atom. The van der Waals surface area contributed by atoms with Gasteiger partial charge in [0.2, 0.25) is 0 Å². The Bertz CT molecular complexity index is 3910. The normalized spacial score (nSPS) is 17.4. The van der Waals surface area contributed by atoms with Crippen LogP contribution in [0.4, 0.5) is 11.4 Å². The van der Waals surface area contributed by atoms with E-state index in [1.807, 2.05) is 0 Å². The van der Waals surface area contributed by atoms with Crippen molar-refractivity contribution in [2.24, 2.45) is 0 Å². The van der Waals surface area contributed by atoms with Gasteiger partial charge in [-0.05, 0) is 132 Å². The lowest BCUT2D eigenvalue weighted by Gasteiger charge is -2.37. The molecular weight excluding hydrogens is 833 g/mol. The molecule has 2 heteroatoms. The summed E-state index contributed by atoms with van der Waals surface area (Å²) in [7, 11) is 0. The molecule has 0 fully saturated rings. The van der Waals surface area contributed by atoms with Gasteiger partial charge in [0.15, 0.2) is 0 Å². The van der Waals surface area contributed by atoms with Crippen molar-refractivity contribution >= 4 is 38.8 Å². The zero-order valence-electron chi connectivity index (χ0n) is 39.4. The van der Waals surface area contributed by atoms with Crippen molar-refractivity contribution in [3.63, 3.8) is 0 Å². The number of hydrogen-bond donors (Lipinski definition) is 1. The molecule has 1 unspecified atom stereocenters. The van der Waals surface area contributed by atoms with Crippen molar-refractivity contribution in [3.8, 4) is 44.5 Å². The topological polar surface area (TPSA) is 19.0 Å². The molecule has 9 aromatic carbocycles. The fourth-order valence-corrected chi connectivity index (χ4v) is 14.0. The maximum Gasteiger partial charge on any atom is 0.0726 e. The Hall–Kier alpha value is -7.94. The lowest BCUT2D eigenvalue weighted by Crippen LogP contribution is -2.31. The summed E-state index contributed by atoms with van der Waals surface area (Å²) < 4.78 is 0. The molecule has 0 saturated carbocycles. The number of benzene rings is 9. The van der Waals surface area contributed by atoms with Gasteiger partial charge < -0.3 is 9.88 Å². The van der Waals surface area contributed by atoms with Crippen LogP contribution in [-0.2, 0) is 16.2 Å². The summed E-state index contributed by atoms with van der Waals surface area (Å²) in [4.78, 5) is 6.52. The standard InChI is InChI=1S/C67H50N2/c1-65(2)52-23-11-8-20-46(52)63-56(65)27-15-29-61(63)69(62-30-16-28-57-64(62)47-21-9-14-26-55(47)67(57)53-24-12-6-17-43(53)44-18-7-13-25-54(44)67)42-34-31-40(32-35-42)41-33-36-59-49(37-41)50-38-48-45-19-5-10-22-51(45)66(3,4)58(48)39-60(50)68-59/h5-34,36-39,42,68H,35H2,1-4H3. The number of allylic oxidation sites excluding steroid dienone is 2. The van der Waals surface area contributed by atoms with Gasteiger partial charge in [0, 0.05) is 55.1 Å². The Morgan fingerprint density at radius 3 is 1.55 bits per heavy atom. The lowest BCUT2D eigenvalue weighted by molar-refractivity contribution is 0.660. The second-order valence-corrected chi connectivity index (χ2v) is 21.1. The third-order valence-electron chi connectivity index (χ3n) is 17.1. The summed E-state index contributed by atoms with van der Waals surface area (Å²) >= 11 is 0. The molecule has 5 aliphatic rings. The highest BCUT2D eigenvalue weighted by atomic mass is 15.2. The SMILES string of the molecule is CC1(C)c2ccccc2-c2cc3c(cc21)[nH]c1ccc(C2=CCC(N(c4cccc5c4-c4ccccc4C5(C)C)c4cccc5c4-c4ccccc4C54c5ccccc5-c5ccccc54)C=C2)cc13. The minimum atomic E-state index is -0.426. The number of H-pyrrole nitrogens is 1. The first-order chi connectivity index (χ1) is 33.7. The molecular formula is C67H50N2. The maximum atomic E-state index is 3.81. The van der Waals surface area contributed by atoms with Crippen LogP contribution in [-0.4, -0.2) is 11.0 Å². The van der Waals surface area contributed by atoms with Crippen LogP contribution >= 0.6 is 0 Å². The largest absolute Gasteiger partial charge is 0.355 e. The first-order valence-corrected chi connectivity index (χ1v) is 24.8. The molecule has 328 valence electrons. The van der Waals surface area contributed by atoms with Crippen molar-refractivity contribution in [2.75, 3.05) is 4.90 Å². The number of hydrogen-bond acceptors (Lipinski definition) is 1. The van der Waals surface area contributed by atoms with Gasteiger partial charge in [0.05, 0.1) is 11.5 Å². The summed E-state index contributed by atoms with van der Waals surface area (Å²) in [5.41, 5.74) is 28.5. The maximum absolute atomic E-state index is 3.81. The van der Waals surface area contributed by atoms with Gasteiger partial charge in [-0.2, -0.15) is 0 Å². The highest BCUT2D eigenvalue weighted by molar-refractivity contribution is 6.11. The molecule has 1 spiro atoms. The molecule has 1 aromatic heterocycles. The molecule has 0 saturated heterocycles. The number of rotatable bonds is 4. The van der Waals surface area contributed by atoms with Crippen LogP contribution < -0.4 is 4.90 Å². The van der Waals surface area contributed by atoms with E-state index in [1.54, 1.807) is 0 Å². The molecule has 15 rings (SSSR count). The quantitative estimate of drug-likeness (QED) is 0.187. The number of nitrogens with zero attached hydrogens (tertiary/aromatic N) is 1. The van der Waals surface area contributed by atoms with Gasteiger partial charge >= 0.3 is 0 Å². The minimum Gasteiger partial charge on any atom is -0.355 e. The highest BCUT2D eigenvalue weighted by Gasteiger charge is 2.52. The molecule has 2 nitrogen and oxygen atoms in total. The van der Waals surface area contributed by atoms with Gasteiger partial charge in [-0.3, -0.25) is 0 Å². The van der Waals surface area contributed by atoms with Gasteiger partial charge in [-0.25, -0.2) is 0 Å². The predicted molar refractivity (Wildman–Crippen MR) is 288 cm³/mol. The van der Waals surface area contributed by atoms with E-state index in [-0.39, 0.29) is 16.9 Å². The lowest BCUT2D eigenvalue weighted by atomic mass is 9.70. The van der Waals surface area contributed by atoms with Crippen LogP contribution in [0.25, 0.3) is 71.9 Å². The van der Waals surface area contributed by atoms with Crippen LogP contribution in [0, 0.1) is 0 Å². The summed E-state index contributed by atoms with van der Waals surface area (Å²) in [5.74, 6) is 0. The fourth-order valence-electron chi connectivity index (χ4n) is 14.0. The number of anilines is 2.